The first-order valence-corrected chi connectivity index (χ1v) is 11.2. The number of aliphatic carboxylic acids is 1. The third-order valence-electron chi connectivity index (χ3n) is 5.26. The highest BCUT2D eigenvalue weighted by molar-refractivity contribution is 6.35. The summed E-state index contributed by atoms with van der Waals surface area (Å²) in [7, 11) is 0. The number of nitrogens with one attached hydrogen (secondary N) is 1. The highest BCUT2D eigenvalue weighted by Gasteiger charge is 2.26. The molecular formula is C24H23Cl2N3O6. The maximum atomic E-state index is 13.4. The maximum Gasteiger partial charge on any atom is 0.338 e. The Morgan fingerprint density at radius 1 is 1.03 bits per heavy atom. The summed E-state index contributed by atoms with van der Waals surface area (Å²) in [6.45, 7) is 5.16. The van der Waals surface area contributed by atoms with Crippen LogP contribution in [0.5, 0.6) is 5.88 Å². The molecule has 0 spiro atoms. The van der Waals surface area contributed by atoms with Gasteiger partial charge in [0.2, 0.25) is 5.88 Å². The van der Waals surface area contributed by atoms with E-state index >= 15 is 0 Å². The first-order valence-electron chi connectivity index (χ1n) is 10.4. The Hall–Kier alpha value is -3.56. The average Bonchev–Trinajstić information content (AvgIpc) is 2.76. The second-order valence-corrected chi connectivity index (χ2v) is 9.67. The fourth-order valence-electron chi connectivity index (χ4n) is 3.39. The van der Waals surface area contributed by atoms with Crippen LogP contribution < -0.4 is 16.6 Å². The average molecular weight is 520 g/mol. The lowest BCUT2D eigenvalue weighted by atomic mass is 9.87. The van der Waals surface area contributed by atoms with Crippen molar-refractivity contribution in [2.75, 3.05) is 6.54 Å². The van der Waals surface area contributed by atoms with Crippen LogP contribution in [-0.4, -0.2) is 37.8 Å². The van der Waals surface area contributed by atoms with E-state index in [4.69, 9.17) is 28.3 Å². The smallest absolute Gasteiger partial charge is 0.338 e. The van der Waals surface area contributed by atoms with Crippen LogP contribution in [0.25, 0.3) is 5.69 Å². The quantitative estimate of drug-likeness (QED) is 0.458. The monoisotopic (exact) mass is 519 g/mol. The predicted octanol–water partition coefficient (Wildman–Crippen LogP) is 3.17. The van der Waals surface area contributed by atoms with Crippen LogP contribution >= 0.6 is 23.2 Å². The molecule has 3 aromatic rings. The van der Waals surface area contributed by atoms with Crippen molar-refractivity contribution in [3.05, 3.63) is 90.0 Å². The minimum atomic E-state index is -1.36. The van der Waals surface area contributed by atoms with Gasteiger partial charge in [-0.3, -0.25) is 19.0 Å². The first-order chi connectivity index (χ1) is 16.3. The van der Waals surface area contributed by atoms with Crippen LogP contribution in [-0.2, 0) is 16.8 Å². The molecule has 1 aromatic heterocycles. The number of hydrogen-bond donors (Lipinski definition) is 3. The van der Waals surface area contributed by atoms with Crippen LogP contribution in [0.2, 0.25) is 10.0 Å². The number of carbonyl (C=O) groups is 2. The molecule has 0 bridgehead atoms. The Morgan fingerprint density at radius 2 is 1.66 bits per heavy atom. The molecule has 0 aliphatic rings. The van der Waals surface area contributed by atoms with E-state index in [2.05, 4.69) is 0 Å². The van der Waals surface area contributed by atoms with E-state index in [0.29, 0.717) is 10.1 Å². The minimum Gasteiger partial charge on any atom is -0.494 e. The number of carboxylic acids is 1. The molecule has 0 saturated heterocycles. The second-order valence-electron chi connectivity index (χ2n) is 8.83. The first kappa shape index (κ1) is 26.1. The molecule has 0 radical (unpaired) electrons. The van der Waals surface area contributed by atoms with E-state index in [1.165, 1.54) is 18.2 Å². The van der Waals surface area contributed by atoms with E-state index in [9.17, 15) is 24.3 Å². The molecule has 0 fully saturated rings. The third kappa shape index (κ3) is 5.58. The summed E-state index contributed by atoms with van der Waals surface area (Å²) in [6, 6.07) is 11.3. The lowest BCUT2D eigenvalue weighted by Gasteiger charge is -2.20. The van der Waals surface area contributed by atoms with Crippen LogP contribution in [0.3, 0.4) is 0 Å². The van der Waals surface area contributed by atoms with Crippen LogP contribution in [0, 0.1) is 0 Å². The van der Waals surface area contributed by atoms with E-state index < -0.39 is 41.1 Å². The van der Waals surface area contributed by atoms with Gasteiger partial charge in [-0.1, -0.05) is 68.2 Å². The standard InChI is InChI=1S/C24H23Cl2N3O6/c1-24(2,3)14-6-4-13(5-7-14)12-28-21(33)19(20(32)27-11-18(30)31)22(34)29(23(28)35)17-9-8-15(25)10-16(17)26/h4-10,33H,11-12H2,1-3H3,(H,27,32)(H,30,31). The molecule has 3 N–H and O–H groups in total. The van der Waals surface area contributed by atoms with Gasteiger partial charge in [-0.05, 0) is 34.7 Å². The van der Waals surface area contributed by atoms with Gasteiger partial charge in [0.15, 0.2) is 5.56 Å². The molecule has 11 heteroatoms. The highest BCUT2D eigenvalue weighted by Crippen LogP contribution is 2.25. The lowest BCUT2D eigenvalue weighted by molar-refractivity contribution is -0.135. The topological polar surface area (TPSA) is 131 Å². The van der Waals surface area contributed by atoms with Crippen LogP contribution in [0.4, 0.5) is 0 Å². The number of halogens is 2. The number of aromatic nitrogens is 2. The van der Waals surface area contributed by atoms with Gasteiger partial charge in [-0.2, -0.15) is 0 Å². The van der Waals surface area contributed by atoms with Crippen molar-refractivity contribution >= 4 is 35.1 Å². The molecule has 1 amide bonds. The van der Waals surface area contributed by atoms with Gasteiger partial charge in [-0.25, -0.2) is 9.36 Å². The Kier molecular flexibility index (Phi) is 7.42. The van der Waals surface area contributed by atoms with Gasteiger partial charge in [0, 0.05) is 5.02 Å². The number of benzene rings is 2. The molecular weight excluding hydrogens is 497 g/mol. The summed E-state index contributed by atoms with van der Waals surface area (Å²) < 4.78 is 1.48. The van der Waals surface area contributed by atoms with Crippen molar-refractivity contribution in [2.24, 2.45) is 0 Å². The van der Waals surface area contributed by atoms with Crippen molar-refractivity contribution in [1.82, 2.24) is 14.5 Å². The van der Waals surface area contributed by atoms with Crippen molar-refractivity contribution in [1.29, 1.82) is 0 Å². The zero-order valence-electron chi connectivity index (χ0n) is 19.1. The van der Waals surface area contributed by atoms with Gasteiger partial charge >= 0.3 is 11.7 Å². The predicted molar refractivity (Wildman–Crippen MR) is 132 cm³/mol. The summed E-state index contributed by atoms with van der Waals surface area (Å²) in [6.07, 6.45) is 0. The van der Waals surface area contributed by atoms with Gasteiger partial charge in [0.05, 0.1) is 17.3 Å². The fourth-order valence-corrected chi connectivity index (χ4v) is 3.89. The number of carboxylic acid groups (broad SMARTS) is 1. The van der Waals surface area contributed by atoms with E-state index in [-0.39, 0.29) is 27.7 Å². The summed E-state index contributed by atoms with van der Waals surface area (Å²) in [4.78, 5) is 50.1. The summed E-state index contributed by atoms with van der Waals surface area (Å²) in [5, 5.41) is 21.9. The summed E-state index contributed by atoms with van der Waals surface area (Å²) in [5.74, 6) is -3.42. The van der Waals surface area contributed by atoms with E-state index in [0.717, 1.165) is 10.1 Å². The molecule has 35 heavy (non-hydrogen) atoms. The van der Waals surface area contributed by atoms with Crippen LogP contribution in [0.1, 0.15) is 42.3 Å². The normalized spacial score (nSPS) is 11.3. The molecule has 2 aromatic carbocycles. The van der Waals surface area contributed by atoms with Gasteiger partial charge in [0.1, 0.15) is 6.54 Å². The largest absolute Gasteiger partial charge is 0.494 e. The number of aromatic hydroxyl groups is 1. The van der Waals surface area contributed by atoms with Crippen molar-refractivity contribution in [3.63, 3.8) is 0 Å². The Labute approximate surface area is 210 Å². The molecule has 3 rings (SSSR count). The maximum absolute atomic E-state index is 13.4. The zero-order chi connectivity index (χ0) is 26.1. The van der Waals surface area contributed by atoms with Crippen molar-refractivity contribution < 1.29 is 19.8 Å². The minimum absolute atomic E-state index is 0.0413. The number of carbonyl (C=O) groups excluding carboxylic acids is 1. The van der Waals surface area contributed by atoms with Crippen LogP contribution in [0.15, 0.2) is 52.1 Å². The van der Waals surface area contributed by atoms with Gasteiger partial charge < -0.3 is 15.5 Å². The SMILES string of the molecule is CC(C)(C)c1ccc(Cn2c(O)c(C(=O)NCC(=O)O)c(=O)n(-c3ccc(Cl)cc3Cl)c2=O)cc1. The molecule has 9 nitrogen and oxygen atoms in total. The fraction of sp³-hybridized carbons (Fsp3) is 0.250. The Morgan fingerprint density at radius 3 is 2.20 bits per heavy atom. The molecule has 0 saturated carbocycles. The second kappa shape index (κ2) is 9.97. The number of nitrogens with zero attached hydrogens (tertiary/aromatic N) is 2. The number of rotatable bonds is 6. The van der Waals surface area contributed by atoms with Crippen molar-refractivity contribution in [2.45, 2.75) is 32.7 Å². The number of hydrogen-bond acceptors (Lipinski definition) is 5. The van der Waals surface area contributed by atoms with E-state index in [1.807, 2.05) is 38.2 Å². The van der Waals surface area contributed by atoms with E-state index in [1.54, 1.807) is 12.1 Å². The summed E-state index contributed by atoms with van der Waals surface area (Å²) >= 11 is 12.2. The van der Waals surface area contributed by atoms with Gasteiger partial charge in [-0.15, -0.1) is 0 Å². The molecule has 0 aliphatic heterocycles. The molecule has 0 aliphatic carbocycles. The molecule has 0 atom stereocenters. The van der Waals surface area contributed by atoms with Crippen molar-refractivity contribution in [3.8, 4) is 11.6 Å². The van der Waals surface area contributed by atoms with Gasteiger partial charge in [0.25, 0.3) is 11.5 Å². The molecule has 1 heterocycles. The Balaban J connectivity index is 2.23. The molecule has 184 valence electrons. The zero-order valence-corrected chi connectivity index (χ0v) is 20.6. The lowest BCUT2D eigenvalue weighted by Crippen LogP contribution is -2.44. The highest BCUT2D eigenvalue weighted by atomic mass is 35.5. The Bertz CT molecular complexity index is 1420. The summed E-state index contributed by atoms with van der Waals surface area (Å²) in [5.41, 5.74) is -1.43. The molecule has 0 unspecified atom stereocenters. The number of amides is 1. The third-order valence-corrected chi connectivity index (χ3v) is 5.79.